The predicted octanol–water partition coefficient (Wildman–Crippen LogP) is 4.84. The smallest absolute Gasteiger partial charge is 0.396 e. The van der Waals surface area contributed by atoms with Crippen LogP contribution in [-0.2, 0) is 12.4 Å². The summed E-state index contributed by atoms with van der Waals surface area (Å²) in [5.74, 6) is -0.00454. The Morgan fingerprint density at radius 1 is 0.838 bits per heavy atom. The molecule has 0 aliphatic heterocycles. The van der Waals surface area contributed by atoms with Crippen molar-refractivity contribution in [3.05, 3.63) is 54.0 Å². The van der Waals surface area contributed by atoms with Gasteiger partial charge in [-0.3, -0.25) is 0 Å². The molecule has 0 saturated heterocycles. The van der Waals surface area contributed by atoms with E-state index in [9.17, 15) is 26.3 Å². The van der Waals surface area contributed by atoms with Gasteiger partial charge in [0.15, 0.2) is 5.65 Å². The van der Waals surface area contributed by atoms with Crippen LogP contribution in [0.4, 0.5) is 43.7 Å². The SMILES string of the molecule is OCCCCNc1cc(C(F)(F)F)c(-c2cnc3c(Nc4ccc(C(F)(F)F)cn4)ccnc3n2)nn1. The lowest BCUT2D eigenvalue weighted by molar-refractivity contribution is -0.138. The van der Waals surface area contributed by atoms with Crippen LogP contribution in [0, 0.1) is 0 Å². The number of aliphatic hydroxyl groups excluding tert-OH is 1. The minimum absolute atomic E-state index is 0.0319. The zero-order valence-corrected chi connectivity index (χ0v) is 18.8. The zero-order chi connectivity index (χ0) is 26.6. The number of hydrogen-bond acceptors (Lipinski definition) is 9. The first-order valence-electron chi connectivity index (χ1n) is 10.8. The summed E-state index contributed by atoms with van der Waals surface area (Å²) in [6.45, 7) is 0.266. The number of alkyl halides is 6. The Labute approximate surface area is 205 Å². The summed E-state index contributed by atoms with van der Waals surface area (Å²) >= 11 is 0. The van der Waals surface area contributed by atoms with Crippen LogP contribution in [0.1, 0.15) is 24.0 Å². The summed E-state index contributed by atoms with van der Waals surface area (Å²) in [5.41, 5.74) is -2.38. The van der Waals surface area contributed by atoms with E-state index < -0.39 is 29.2 Å². The van der Waals surface area contributed by atoms with Gasteiger partial charge in [0.1, 0.15) is 28.5 Å². The molecule has 9 nitrogen and oxygen atoms in total. The molecule has 194 valence electrons. The van der Waals surface area contributed by atoms with Crippen LogP contribution in [0.3, 0.4) is 0 Å². The van der Waals surface area contributed by atoms with E-state index >= 15 is 0 Å². The van der Waals surface area contributed by atoms with E-state index in [-0.39, 0.29) is 40.8 Å². The fraction of sp³-hybridized carbons (Fsp3) is 0.273. The van der Waals surface area contributed by atoms with Gasteiger partial charge in [-0.25, -0.2) is 19.9 Å². The summed E-state index contributed by atoms with van der Waals surface area (Å²) in [5, 5.41) is 21.9. The van der Waals surface area contributed by atoms with Gasteiger partial charge in [0.05, 0.1) is 23.0 Å². The minimum Gasteiger partial charge on any atom is -0.396 e. The largest absolute Gasteiger partial charge is 0.418 e. The number of nitrogens with zero attached hydrogens (tertiary/aromatic N) is 6. The highest BCUT2D eigenvalue weighted by Gasteiger charge is 2.36. The lowest BCUT2D eigenvalue weighted by atomic mass is 10.1. The molecule has 37 heavy (non-hydrogen) atoms. The maximum Gasteiger partial charge on any atom is 0.418 e. The Kier molecular flexibility index (Phi) is 7.33. The van der Waals surface area contributed by atoms with E-state index in [1.54, 1.807) is 0 Å². The van der Waals surface area contributed by atoms with Gasteiger partial charge in [-0.05, 0) is 37.1 Å². The number of hydrogen-bond donors (Lipinski definition) is 3. The fourth-order valence-electron chi connectivity index (χ4n) is 3.25. The van der Waals surface area contributed by atoms with Crippen molar-refractivity contribution in [2.45, 2.75) is 25.2 Å². The molecule has 4 heterocycles. The topological polar surface area (TPSA) is 122 Å². The van der Waals surface area contributed by atoms with Gasteiger partial charge in [-0.1, -0.05) is 0 Å². The van der Waals surface area contributed by atoms with E-state index in [4.69, 9.17) is 5.11 Å². The molecular formula is C22H18F6N8O. The third-order valence-electron chi connectivity index (χ3n) is 5.03. The highest BCUT2D eigenvalue weighted by atomic mass is 19.4. The van der Waals surface area contributed by atoms with Crippen molar-refractivity contribution >= 4 is 28.5 Å². The van der Waals surface area contributed by atoms with Crippen molar-refractivity contribution < 1.29 is 31.4 Å². The van der Waals surface area contributed by atoms with Crippen molar-refractivity contribution in [2.75, 3.05) is 23.8 Å². The van der Waals surface area contributed by atoms with Gasteiger partial charge >= 0.3 is 12.4 Å². The van der Waals surface area contributed by atoms with Gasteiger partial charge in [0.2, 0.25) is 0 Å². The van der Waals surface area contributed by atoms with Crippen LogP contribution in [0.25, 0.3) is 22.6 Å². The minimum atomic E-state index is -4.77. The molecule has 0 atom stereocenters. The molecule has 0 fully saturated rings. The summed E-state index contributed by atoms with van der Waals surface area (Å²) < 4.78 is 79.7. The number of pyridine rings is 2. The molecule has 0 unspecified atom stereocenters. The number of fused-ring (bicyclic) bond motifs is 1. The molecule has 0 radical (unpaired) electrons. The van der Waals surface area contributed by atoms with Crippen LogP contribution < -0.4 is 10.6 Å². The first kappa shape index (κ1) is 25.9. The van der Waals surface area contributed by atoms with Crippen LogP contribution >= 0.6 is 0 Å². The van der Waals surface area contributed by atoms with Crippen molar-refractivity contribution in [3.8, 4) is 11.4 Å². The zero-order valence-electron chi connectivity index (χ0n) is 18.8. The molecular weight excluding hydrogens is 506 g/mol. The van der Waals surface area contributed by atoms with E-state index in [1.807, 2.05) is 0 Å². The van der Waals surface area contributed by atoms with Gasteiger partial charge in [0, 0.05) is 25.5 Å². The fourth-order valence-corrected chi connectivity index (χ4v) is 3.25. The van der Waals surface area contributed by atoms with Gasteiger partial charge in [-0.2, -0.15) is 26.3 Å². The van der Waals surface area contributed by atoms with Crippen molar-refractivity contribution in [2.24, 2.45) is 0 Å². The quantitative estimate of drug-likeness (QED) is 0.220. The Hall–Kier alpha value is -4.14. The second kappa shape index (κ2) is 10.5. The molecule has 0 aromatic carbocycles. The summed E-state index contributed by atoms with van der Waals surface area (Å²) in [4.78, 5) is 16.1. The summed E-state index contributed by atoms with van der Waals surface area (Å²) in [6, 6.07) is 4.26. The maximum absolute atomic E-state index is 13.8. The number of halogens is 6. The number of aromatic nitrogens is 6. The number of aliphatic hydroxyl groups is 1. The van der Waals surface area contributed by atoms with E-state index in [2.05, 4.69) is 40.8 Å². The van der Waals surface area contributed by atoms with Crippen LogP contribution in [0.2, 0.25) is 0 Å². The molecule has 0 saturated carbocycles. The maximum atomic E-state index is 13.8. The summed E-state index contributed by atoms with van der Waals surface area (Å²) in [6.07, 6.45) is -5.25. The number of nitrogens with one attached hydrogen (secondary N) is 2. The Balaban J connectivity index is 1.64. The lowest BCUT2D eigenvalue weighted by Crippen LogP contribution is -2.13. The van der Waals surface area contributed by atoms with E-state index in [0.29, 0.717) is 25.6 Å². The second-order valence-electron chi connectivity index (χ2n) is 7.69. The monoisotopic (exact) mass is 524 g/mol. The Morgan fingerprint density at radius 2 is 1.65 bits per heavy atom. The lowest BCUT2D eigenvalue weighted by Gasteiger charge is -2.14. The van der Waals surface area contributed by atoms with Crippen LogP contribution in [0.5, 0.6) is 0 Å². The van der Waals surface area contributed by atoms with E-state index in [0.717, 1.165) is 24.4 Å². The molecule has 15 heteroatoms. The second-order valence-corrected chi connectivity index (χ2v) is 7.69. The number of anilines is 3. The van der Waals surface area contributed by atoms with Gasteiger partial charge < -0.3 is 15.7 Å². The molecule has 0 aliphatic carbocycles. The van der Waals surface area contributed by atoms with Crippen molar-refractivity contribution in [3.63, 3.8) is 0 Å². The first-order chi connectivity index (χ1) is 17.6. The molecule has 3 N–H and O–H groups in total. The van der Waals surface area contributed by atoms with Gasteiger partial charge in [0.25, 0.3) is 0 Å². The standard InChI is InChI=1S/C22H18F6N8O/c23-21(24,25)12-3-4-16(31-10-12)33-14-5-7-30-20-19(14)32-11-15(34-20)18-13(22(26,27)28)9-17(35-36-18)29-6-1-2-8-37/h3-5,7,9-11,37H,1-2,6,8H2,(H,29,35)(H,30,31,33,34). The highest BCUT2D eigenvalue weighted by Crippen LogP contribution is 2.36. The van der Waals surface area contributed by atoms with Crippen LogP contribution in [0.15, 0.2) is 42.9 Å². The third kappa shape index (κ3) is 6.17. The predicted molar refractivity (Wildman–Crippen MR) is 121 cm³/mol. The normalized spacial score (nSPS) is 12.1. The average molecular weight is 524 g/mol. The number of rotatable bonds is 8. The van der Waals surface area contributed by atoms with Gasteiger partial charge in [-0.15, -0.1) is 10.2 Å². The Bertz CT molecular complexity index is 1380. The third-order valence-corrected chi connectivity index (χ3v) is 5.03. The molecule has 0 spiro atoms. The average Bonchev–Trinajstić information content (AvgIpc) is 2.86. The molecule has 4 aromatic heterocycles. The highest BCUT2D eigenvalue weighted by molar-refractivity contribution is 5.87. The van der Waals surface area contributed by atoms with Crippen molar-refractivity contribution in [1.82, 2.24) is 30.1 Å². The first-order valence-corrected chi connectivity index (χ1v) is 10.8. The molecule has 4 rings (SSSR count). The molecule has 4 aromatic rings. The van der Waals surface area contributed by atoms with E-state index in [1.165, 1.54) is 12.3 Å². The molecule has 0 aliphatic rings. The number of unbranched alkanes of at least 4 members (excludes halogenated alkanes) is 1. The van der Waals surface area contributed by atoms with Crippen LogP contribution in [-0.4, -0.2) is 48.4 Å². The molecule has 0 bridgehead atoms. The molecule has 0 amide bonds. The summed E-state index contributed by atoms with van der Waals surface area (Å²) in [7, 11) is 0. The van der Waals surface area contributed by atoms with Crippen molar-refractivity contribution in [1.29, 1.82) is 0 Å². The Morgan fingerprint density at radius 3 is 2.32 bits per heavy atom.